The van der Waals surface area contributed by atoms with Crippen molar-refractivity contribution in [3.63, 3.8) is 0 Å². The van der Waals surface area contributed by atoms with Gasteiger partial charge in [0.25, 0.3) is 0 Å². The minimum absolute atomic E-state index is 0.0494. The van der Waals surface area contributed by atoms with E-state index in [2.05, 4.69) is 20.5 Å². The molecule has 1 aliphatic heterocycles. The molecule has 3 amide bonds. The van der Waals surface area contributed by atoms with E-state index >= 15 is 0 Å². The quantitative estimate of drug-likeness (QED) is 0.200. The van der Waals surface area contributed by atoms with Crippen molar-refractivity contribution in [3.05, 3.63) is 29.3 Å². The lowest BCUT2D eigenvalue weighted by atomic mass is 9.99. The second-order valence-electron chi connectivity index (χ2n) is 12.2. The van der Waals surface area contributed by atoms with Crippen LogP contribution in [0.3, 0.4) is 0 Å². The zero-order valence-corrected chi connectivity index (χ0v) is 26.2. The first-order valence-electron chi connectivity index (χ1n) is 14.5. The molecule has 0 saturated heterocycles. The molecule has 0 spiro atoms. The van der Waals surface area contributed by atoms with E-state index in [0.717, 1.165) is 17.5 Å². The summed E-state index contributed by atoms with van der Waals surface area (Å²) in [5, 5.41) is 14.6. The molecule has 0 bridgehead atoms. The molecule has 3 N–H and O–H groups in total. The summed E-state index contributed by atoms with van der Waals surface area (Å²) in [4.78, 5) is 45.0. The summed E-state index contributed by atoms with van der Waals surface area (Å²) in [6, 6.07) is 5.87. The first kappa shape index (κ1) is 34.7. The Bertz CT molecular complexity index is 1040. The van der Waals surface area contributed by atoms with Crippen LogP contribution in [0.2, 0.25) is 0 Å². The largest absolute Gasteiger partial charge is 0.491 e. The number of nitrogens with zero attached hydrogens (tertiary/aromatic N) is 3. The van der Waals surface area contributed by atoms with Gasteiger partial charge in [-0.15, -0.1) is 0 Å². The van der Waals surface area contributed by atoms with Crippen molar-refractivity contribution in [1.82, 2.24) is 20.4 Å². The molecule has 42 heavy (non-hydrogen) atoms. The Morgan fingerprint density at radius 2 is 1.52 bits per heavy atom. The number of aliphatic hydroxyl groups is 1. The predicted octanol–water partition coefficient (Wildman–Crippen LogP) is 3.45. The van der Waals surface area contributed by atoms with Crippen LogP contribution in [0.25, 0.3) is 0 Å². The Labute approximate surface area is 249 Å². The number of guanidine groups is 1. The molecule has 0 fully saturated rings. The Balaban J connectivity index is 2.13. The number of alkyl carbamates (subject to hydrolysis) is 2. The number of fused-ring (bicyclic) bond motifs is 1. The zero-order valence-electron chi connectivity index (χ0n) is 26.2. The number of hydrogen-bond donors (Lipinski definition) is 3. The Kier molecular flexibility index (Phi) is 13.4. The molecule has 0 radical (unpaired) electrons. The molecule has 1 aliphatic rings. The van der Waals surface area contributed by atoms with E-state index in [9.17, 15) is 14.4 Å². The molecule has 1 heterocycles. The number of ether oxygens (including phenoxy) is 3. The Morgan fingerprint density at radius 1 is 0.952 bits per heavy atom. The number of hydrogen-bond acceptors (Lipinski definition) is 7. The van der Waals surface area contributed by atoms with Gasteiger partial charge in [0.1, 0.15) is 23.6 Å². The highest BCUT2D eigenvalue weighted by Crippen LogP contribution is 2.25. The molecular weight excluding hydrogens is 542 g/mol. The monoisotopic (exact) mass is 591 g/mol. The predicted molar refractivity (Wildman–Crippen MR) is 161 cm³/mol. The summed E-state index contributed by atoms with van der Waals surface area (Å²) in [7, 11) is 0. The maximum absolute atomic E-state index is 12.3. The average Bonchev–Trinajstić information content (AvgIpc) is 2.87. The lowest BCUT2D eigenvalue weighted by molar-refractivity contribution is -0.115. The van der Waals surface area contributed by atoms with E-state index in [0.29, 0.717) is 63.8 Å². The fourth-order valence-corrected chi connectivity index (χ4v) is 4.30. The van der Waals surface area contributed by atoms with Crippen LogP contribution in [0.4, 0.5) is 9.59 Å². The van der Waals surface area contributed by atoms with Gasteiger partial charge in [0.05, 0.1) is 6.61 Å². The second-order valence-corrected chi connectivity index (χ2v) is 12.2. The van der Waals surface area contributed by atoms with Gasteiger partial charge >= 0.3 is 12.2 Å². The van der Waals surface area contributed by atoms with Crippen molar-refractivity contribution < 1.29 is 33.7 Å². The van der Waals surface area contributed by atoms with Crippen LogP contribution in [0, 0.1) is 0 Å². The fraction of sp³-hybridized carbons (Fsp3) is 0.667. The van der Waals surface area contributed by atoms with Crippen LogP contribution in [-0.2, 0) is 27.2 Å². The molecule has 1 aromatic rings. The third kappa shape index (κ3) is 13.4. The van der Waals surface area contributed by atoms with E-state index in [1.807, 2.05) is 64.6 Å². The summed E-state index contributed by atoms with van der Waals surface area (Å²) in [5.41, 5.74) is 1.08. The maximum atomic E-state index is 12.3. The third-order valence-electron chi connectivity index (χ3n) is 5.92. The molecule has 12 nitrogen and oxygen atoms in total. The van der Waals surface area contributed by atoms with Crippen molar-refractivity contribution in [2.45, 2.75) is 85.5 Å². The molecular formula is C30H49N5O7. The van der Waals surface area contributed by atoms with E-state index in [-0.39, 0.29) is 19.1 Å². The average molecular weight is 592 g/mol. The third-order valence-corrected chi connectivity index (χ3v) is 5.92. The van der Waals surface area contributed by atoms with Crippen LogP contribution in [0.5, 0.6) is 5.75 Å². The van der Waals surface area contributed by atoms with Gasteiger partial charge in [-0.05, 0) is 84.1 Å². The van der Waals surface area contributed by atoms with Crippen molar-refractivity contribution in [1.29, 1.82) is 0 Å². The standard InChI is InChI=1S/C30H49N5O7/c1-22(37)33-26(35-17-12-23-20-25(40-19-18-36)11-10-24(23)21-35)34(15-8-13-31-27(38)41-29(2,3)4)16-9-14-32-28(39)42-30(5,6)7/h10-11,20,36H,8-9,12-19,21H2,1-7H3,(H,31,38)(H,32,39). The highest BCUT2D eigenvalue weighted by atomic mass is 16.6. The molecule has 0 aromatic heterocycles. The van der Waals surface area contributed by atoms with Crippen LogP contribution in [-0.4, -0.2) is 96.1 Å². The molecule has 0 saturated carbocycles. The van der Waals surface area contributed by atoms with Crippen molar-refractivity contribution in [2.24, 2.45) is 4.99 Å². The summed E-state index contributed by atoms with van der Waals surface area (Å²) >= 11 is 0. The summed E-state index contributed by atoms with van der Waals surface area (Å²) < 4.78 is 16.2. The number of nitrogens with one attached hydrogen (secondary N) is 2. The number of carbonyl (C=O) groups is 3. The smallest absolute Gasteiger partial charge is 0.407 e. The summed E-state index contributed by atoms with van der Waals surface area (Å²) in [6.45, 7) is 15.5. The normalized spacial score (nSPS) is 13.6. The molecule has 0 unspecified atom stereocenters. The number of aliphatic imine (C=N–C) groups is 1. The van der Waals surface area contributed by atoms with Crippen LogP contribution < -0.4 is 15.4 Å². The number of amides is 3. The van der Waals surface area contributed by atoms with Gasteiger partial charge in [-0.25, -0.2) is 9.59 Å². The van der Waals surface area contributed by atoms with E-state index in [1.54, 1.807) is 0 Å². The van der Waals surface area contributed by atoms with Gasteiger partial charge in [-0.2, -0.15) is 4.99 Å². The van der Waals surface area contributed by atoms with E-state index in [1.165, 1.54) is 6.92 Å². The Hall–Kier alpha value is -3.54. The van der Waals surface area contributed by atoms with Crippen molar-refractivity contribution >= 4 is 24.1 Å². The van der Waals surface area contributed by atoms with Crippen LogP contribution in [0.15, 0.2) is 23.2 Å². The molecule has 2 rings (SSSR count). The minimum Gasteiger partial charge on any atom is -0.491 e. The number of aliphatic hydroxyl groups excluding tert-OH is 1. The van der Waals surface area contributed by atoms with Crippen molar-refractivity contribution in [2.75, 3.05) is 45.9 Å². The topological polar surface area (TPSA) is 142 Å². The number of benzene rings is 1. The van der Waals surface area contributed by atoms with Gasteiger partial charge in [0.2, 0.25) is 11.9 Å². The maximum Gasteiger partial charge on any atom is 0.407 e. The number of carbonyl (C=O) groups excluding carboxylic acids is 3. The second kappa shape index (κ2) is 16.2. The number of rotatable bonds is 11. The highest BCUT2D eigenvalue weighted by molar-refractivity contribution is 5.92. The summed E-state index contributed by atoms with van der Waals surface area (Å²) in [5.74, 6) is 0.959. The Morgan fingerprint density at radius 3 is 2.02 bits per heavy atom. The SMILES string of the molecule is CC(=O)N=C(N(CCCNC(=O)OC(C)(C)C)CCCNC(=O)OC(C)(C)C)N1CCc2cc(OCCO)ccc2C1. The minimum atomic E-state index is -0.588. The van der Waals surface area contributed by atoms with Gasteiger partial charge in [-0.1, -0.05) is 6.07 Å². The van der Waals surface area contributed by atoms with Gasteiger partial charge in [0.15, 0.2) is 0 Å². The molecule has 236 valence electrons. The first-order chi connectivity index (χ1) is 19.7. The molecule has 0 atom stereocenters. The molecule has 0 aliphatic carbocycles. The summed E-state index contributed by atoms with van der Waals surface area (Å²) in [6.07, 6.45) is 0.945. The molecule has 12 heteroatoms. The molecule has 1 aromatic carbocycles. The first-order valence-corrected chi connectivity index (χ1v) is 14.5. The van der Waals surface area contributed by atoms with E-state index in [4.69, 9.17) is 19.3 Å². The fourth-order valence-electron chi connectivity index (χ4n) is 4.30. The van der Waals surface area contributed by atoms with Gasteiger partial charge in [-0.3, -0.25) is 4.79 Å². The zero-order chi connectivity index (χ0) is 31.3. The van der Waals surface area contributed by atoms with Gasteiger partial charge in [0, 0.05) is 46.2 Å². The van der Waals surface area contributed by atoms with Crippen LogP contribution >= 0.6 is 0 Å². The van der Waals surface area contributed by atoms with E-state index < -0.39 is 23.4 Å². The van der Waals surface area contributed by atoms with Gasteiger partial charge < -0.3 is 39.8 Å². The lowest BCUT2D eigenvalue weighted by Gasteiger charge is -2.37. The van der Waals surface area contributed by atoms with Crippen LogP contribution in [0.1, 0.15) is 72.4 Å². The van der Waals surface area contributed by atoms with Crippen molar-refractivity contribution in [3.8, 4) is 5.75 Å². The lowest BCUT2D eigenvalue weighted by Crippen LogP contribution is -2.48. The highest BCUT2D eigenvalue weighted by Gasteiger charge is 2.25.